The van der Waals surface area contributed by atoms with Gasteiger partial charge in [-0.15, -0.1) is 0 Å². The first-order valence-electron chi connectivity index (χ1n) is 4.42. The summed E-state index contributed by atoms with van der Waals surface area (Å²) in [7, 11) is 0. The fraction of sp³-hybridized carbons (Fsp3) is 0.889. The van der Waals surface area contributed by atoms with Crippen molar-refractivity contribution in [2.45, 2.75) is 39.6 Å². The first-order valence-corrected chi connectivity index (χ1v) is 4.42. The lowest BCUT2D eigenvalue weighted by Gasteiger charge is -2.27. The lowest BCUT2D eigenvalue weighted by atomic mass is 10.1. The Morgan fingerprint density at radius 1 is 1.50 bits per heavy atom. The Morgan fingerprint density at radius 2 is 2.17 bits per heavy atom. The highest BCUT2D eigenvalue weighted by Gasteiger charge is 2.27. The molecular formula is C9H16O3. The van der Waals surface area contributed by atoms with Crippen LogP contribution in [-0.2, 0) is 14.3 Å². The van der Waals surface area contributed by atoms with E-state index in [1.807, 2.05) is 20.8 Å². The van der Waals surface area contributed by atoms with Crippen molar-refractivity contribution in [1.82, 2.24) is 0 Å². The molecule has 0 amide bonds. The fourth-order valence-corrected chi connectivity index (χ4v) is 1.08. The normalized spacial score (nSPS) is 30.7. The molecule has 12 heavy (non-hydrogen) atoms. The van der Waals surface area contributed by atoms with Crippen LogP contribution in [0.25, 0.3) is 0 Å². The predicted molar refractivity (Wildman–Crippen MR) is 44.7 cm³/mol. The highest BCUT2D eigenvalue weighted by atomic mass is 16.7. The van der Waals surface area contributed by atoms with Gasteiger partial charge in [-0.25, -0.2) is 0 Å². The van der Waals surface area contributed by atoms with Crippen molar-refractivity contribution in [3.63, 3.8) is 0 Å². The maximum Gasteiger partial charge on any atom is 0.218 e. The van der Waals surface area contributed by atoms with Gasteiger partial charge in [-0.2, -0.15) is 0 Å². The second-order valence-corrected chi connectivity index (χ2v) is 3.50. The van der Waals surface area contributed by atoms with Gasteiger partial charge in [0.05, 0.1) is 12.7 Å². The van der Waals surface area contributed by atoms with Crippen LogP contribution in [0.1, 0.15) is 27.2 Å². The van der Waals surface area contributed by atoms with Crippen molar-refractivity contribution in [2.24, 2.45) is 5.92 Å². The Bertz CT molecular complexity index is 165. The third kappa shape index (κ3) is 2.29. The number of ketones is 1. The summed E-state index contributed by atoms with van der Waals surface area (Å²) < 4.78 is 10.5. The summed E-state index contributed by atoms with van der Waals surface area (Å²) in [6.07, 6.45) is 0.405. The molecule has 0 aromatic heterocycles. The average Bonchev–Trinajstić information content (AvgIpc) is 2.03. The van der Waals surface area contributed by atoms with Gasteiger partial charge in [-0.1, -0.05) is 13.8 Å². The van der Waals surface area contributed by atoms with Crippen LogP contribution in [0, 0.1) is 5.92 Å². The second-order valence-electron chi connectivity index (χ2n) is 3.50. The summed E-state index contributed by atoms with van der Waals surface area (Å²) in [6.45, 7) is 6.30. The van der Waals surface area contributed by atoms with Gasteiger partial charge >= 0.3 is 0 Å². The molecule has 0 aromatic rings. The van der Waals surface area contributed by atoms with Crippen molar-refractivity contribution < 1.29 is 14.3 Å². The zero-order valence-corrected chi connectivity index (χ0v) is 7.87. The number of carbonyl (C=O) groups excluding carboxylic acids is 1. The Hall–Kier alpha value is -0.410. The summed E-state index contributed by atoms with van der Waals surface area (Å²) >= 11 is 0. The molecule has 1 aliphatic rings. The summed E-state index contributed by atoms with van der Waals surface area (Å²) in [6, 6.07) is 0. The Balaban J connectivity index is 2.46. The smallest absolute Gasteiger partial charge is 0.218 e. The Morgan fingerprint density at radius 3 is 2.67 bits per heavy atom. The fourth-order valence-electron chi connectivity index (χ4n) is 1.08. The number of ether oxygens (including phenoxy) is 2. The van der Waals surface area contributed by atoms with E-state index in [2.05, 4.69) is 0 Å². The van der Waals surface area contributed by atoms with Gasteiger partial charge in [0, 0.05) is 5.92 Å². The molecule has 1 fully saturated rings. The highest BCUT2D eigenvalue weighted by molar-refractivity contribution is 5.83. The van der Waals surface area contributed by atoms with Crippen molar-refractivity contribution in [3.8, 4) is 0 Å². The molecule has 1 heterocycles. The minimum atomic E-state index is -0.617. The minimum Gasteiger partial charge on any atom is -0.346 e. The van der Waals surface area contributed by atoms with E-state index in [-0.39, 0.29) is 17.8 Å². The molecule has 0 saturated carbocycles. The molecule has 3 nitrogen and oxygen atoms in total. The Labute approximate surface area is 73.0 Å². The number of carbonyl (C=O) groups is 1. The van der Waals surface area contributed by atoms with Crippen molar-refractivity contribution in [2.75, 3.05) is 6.61 Å². The van der Waals surface area contributed by atoms with Crippen LogP contribution in [0.5, 0.6) is 0 Å². The maximum atomic E-state index is 11.4. The van der Waals surface area contributed by atoms with E-state index in [1.165, 1.54) is 0 Å². The molecule has 0 aliphatic carbocycles. The third-order valence-electron chi connectivity index (χ3n) is 1.95. The maximum absolute atomic E-state index is 11.4. The molecular weight excluding hydrogens is 156 g/mol. The van der Waals surface area contributed by atoms with Crippen molar-refractivity contribution >= 4 is 5.78 Å². The Kier molecular flexibility index (Phi) is 3.23. The molecule has 2 atom stereocenters. The van der Waals surface area contributed by atoms with E-state index in [0.29, 0.717) is 6.61 Å². The van der Waals surface area contributed by atoms with Gasteiger partial charge in [0.15, 0.2) is 5.78 Å². The van der Waals surface area contributed by atoms with Crippen molar-refractivity contribution in [3.05, 3.63) is 0 Å². The third-order valence-corrected chi connectivity index (χ3v) is 1.95. The lowest BCUT2D eigenvalue weighted by molar-refractivity contribution is -0.209. The first-order chi connectivity index (χ1) is 5.61. The van der Waals surface area contributed by atoms with Crippen molar-refractivity contribution in [1.29, 1.82) is 0 Å². The molecule has 0 radical (unpaired) electrons. The van der Waals surface area contributed by atoms with E-state index >= 15 is 0 Å². The zero-order chi connectivity index (χ0) is 9.14. The van der Waals surface area contributed by atoms with Crippen LogP contribution in [0.3, 0.4) is 0 Å². The second kappa shape index (κ2) is 4.01. The number of rotatable bonds is 2. The monoisotopic (exact) mass is 172 g/mol. The van der Waals surface area contributed by atoms with Gasteiger partial charge in [0.25, 0.3) is 0 Å². The van der Waals surface area contributed by atoms with Gasteiger partial charge in [-0.3, -0.25) is 4.79 Å². The average molecular weight is 172 g/mol. The molecule has 1 saturated heterocycles. The summed E-state index contributed by atoms with van der Waals surface area (Å²) in [5.74, 6) is 0.0295. The minimum absolute atomic E-state index is 0.0136. The molecule has 70 valence electrons. The quantitative estimate of drug-likeness (QED) is 0.631. The van der Waals surface area contributed by atoms with Gasteiger partial charge in [0.1, 0.15) is 0 Å². The summed E-state index contributed by atoms with van der Waals surface area (Å²) in [5, 5.41) is 0. The molecule has 0 spiro atoms. The van der Waals surface area contributed by atoms with Gasteiger partial charge in [-0.05, 0) is 13.3 Å². The standard InChI is InChI=1S/C9H16O3/c1-6(2)8(10)9-11-5-4-7(3)12-9/h6-7,9H,4-5H2,1-3H3. The largest absolute Gasteiger partial charge is 0.346 e. The van der Waals surface area contributed by atoms with Crippen LogP contribution < -0.4 is 0 Å². The molecule has 0 N–H and O–H groups in total. The number of Topliss-reactive ketones (excluding diaryl/α,β-unsaturated/α-hetero) is 1. The number of hydrogen-bond donors (Lipinski definition) is 0. The SMILES string of the molecule is CC1CCOC(C(=O)C(C)C)O1. The predicted octanol–water partition coefficient (Wildman–Crippen LogP) is 1.36. The molecule has 2 unspecified atom stereocenters. The van der Waals surface area contributed by atoms with Crippen LogP contribution in [-0.4, -0.2) is 24.8 Å². The summed E-state index contributed by atoms with van der Waals surface area (Å²) in [4.78, 5) is 11.4. The molecule has 1 aliphatic heterocycles. The van der Waals surface area contributed by atoms with E-state index in [4.69, 9.17) is 9.47 Å². The topological polar surface area (TPSA) is 35.5 Å². The van der Waals surface area contributed by atoms with E-state index < -0.39 is 6.29 Å². The highest BCUT2D eigenvalue weighted by Crippen LogP contribution is 2.15. The lowest BCUT2D eigenvalue weighted by Crippen LogP contribution is -2.38. The van der Waals surface area contributed by atoms with Crippen LogP contribution in [0.4, 0.5) is 0 Å². The van der Waals surface area contributed by atoms with E-state index in [1.54, 1.807) is 0 Å². The van der Waals surface area contributed by atoms with Gasteiger partial charge in [0.2, 0.25) is 6.29 Å². The molecule has 0 aromatic carbocycles. The van der Waals surface area contributed by atoms with Gasteiger partial charge < -0.3 is 9.47 Å². The molecule has 1 rings (SSSR count). The summed E-state index contributed by atoms with van der Waals surface area (Å²) in [5.41, 5.74) is 0. The van der Waals surface area contributed by atoms with E-state index in [9.17, 15) is 4.79 Å². The van der Waals surface area contributed by atoms with Crippen LogP contribution in [0.2, 0.25) is 0 Å². The first kappa shape index (κ1) is 9.68. The van der Waals surface area contributed by atoms with Crippen LogP contribution in [0.15, 0.2) is 0 Å². The number of hydrogen-bond acceptors (Lipinski definition) is 3. The zero-order valence-electron chi connectivity index (χ0n) is 7.87. The molecule has 3 heteroatoms. The van der Waals surface area contributed by atoms with Crippen LogP contribution >= 0.6 is 0 Å². The van der Waals surface area contributed by atoms with E-state index in [0.717, 1.165) is 6.42 Å². The molecule has 0 bridgehead atoms.